The highest BCUT2D eigenvalue weighted by Gasteiger charge is 2.17. The molecule has 1 unspecified atom stereocenters. The standard InChI is InChI=1S/C10H20N/c1-3-4-7-10-8-5-6-9-11(10)2/h10H,1,3-9H2,2H3. The van der Waals surface area contributed by atoms with E-state index in [2.05, 4.69) is 18.9 Å². The lowest BCUT2D eigenvalue weighted by Gasteiger charge is -2.32. The van der Waals surface area contributed by atoms with Crippen LogP contribution in [0.4, 0.5) is 0 Å². The van der Waals surface area contributed by atoms with Gasteiger partial charge in [0.2, 0.25) is 0 Å². The summed E-state index contributed by atoms with van der Waals surface area (Å²) < 4.78 is 0. The minimum absolute atomic E-state index is 0.866. The predicted molar refractivity (Wildman–Crippen MR) is 49.5 cm³/mol. The van der Waals surface area contributed by atoms with Gasteiger partial charge in [-0.05, 0) is 32.9 Å². The van der Waals surface area contributed by atoms with Gasteiger partial charge in [-0.1, -0.05) is 26.2 Å². The number of nitrogens with zero attached hydrogens (tertiary/aromatic N) is 1. The summed E-state index contributed by atoms with van der Waals surface area (Å²) in [4.78, 5) is 2.51. The highest BCUT2D eigenvalue weighted by molar-refractivity contribution is 4.73. The molecule has 0 aromatic carbocycles. The van der Waals surface area contributed by atoms with Gasteiger partial charge >= 0.3 is 0 Å². The van der Waals surface area contributed by atoms with E-state index < -0.39 is 0 Å². The Labute approximate surface area is 70.8 Å². The summed E-state index contributed by atoms with van der Waals surface area (Å²) >= 11 is 0. The zero-order chi connectivity index (χ0) is 8.10. The number of likely N-dealkylation sites (tertiary alicyclic amines) is 1. The van der Waals surface area contributed by atoms with Crippen molar-refractivity contribution in [3.05, 3.63) is 6.92 Å². The van der Waals surface area contributed by atoms with Gasteiger partial charge in [0.25, 0.3) is 0 Å². The van der Waals surface area contributed by atoms with E-state index >= 15 is 0 Å². The molecular weight excluding hydrogens is 134 g/mol. The number of rotatable bonds is 3. The average Bonchev–Trinajstić information content (AvgIpc) is 2.03. The van der Waals surface area contributed by atoms with Crippen molar-refractivity contribution in [2.24, 2.45) is 0 Å². The van der Waals surface area contributed by atoms with Crippen molar-refractivity contribution < 1.29 is 0 Å². The molecule has 65 valence electrons. The Kier molecular flexibility index (Phi) is 3.92. The van der Waals surface area contributed by atoms with Gasteiger partial charge in [0.05, 0.1) is 0 Å². The third-order valence-electron chi connectivity index (χ3n) is 2.71. The van der Waals surface area contributed by atoms with E-state index in [0.29, 0.717) is 0 Å². The van der Waals surface area contributed by atoms with Gasteiger partial charge in [-0.3, -0.25) is 0 Å². The highest BCUT2D eigenvalue weighted by atomic mass is 15.1. The highest BCUT2D eigenvalue weighted by Crippen LogP contribution is 2.19. The van der Waals surface area contributed by atoms with Crippen LogP contribution in [0.5, 0.6) is 0 Å². The summed E-state index contributed by atoms with van der Waals surface area (Å²) in [5.74, 6) is 0. The summed E-state index contributed by atoms with van der Waals surface area (Å²) in [5.41, 5.74) is 0. The van der Waals surface area contributed by atoms with Crippen molar-refractivity contribution >= 4 is 0 Å². The molecule has 1 heteroatoms. The zero-order valence-corrected chi connectivity index (χ0v) is 7.68. The molecule has 1 atom stereocenters. The topological polar surface area (TPSA) is 3.24 Å². The molecule has 1 aliphatic rings. The molecular formula is C10H20N. The van der Waals surface area contributed by atoms with Crippen LogP contribution >= 0.6 is 0 Å². The SMILES string of the molecule is [CH2]CCCC1CCCCN1C. The largest absolute Gasteiger partial charge is 0.303 e. The Morgan fingerprint density at radius 3 is 2.91 bits per heavy atom. The van der Waals surface area contributed by atoms with E-state index in [0.717, 1.165) is 12.5 Å². The van der Waals surface area contributed by atoms with Gasteiger partial charge in [0, 0.05) is 6.04 Å². The van der Waals surface area contributed by atoms with Gasteiger partial charge in [0.15, 0.2) is 0 Å². The lowest BCUT2D eigenvalue weighted by atomic mass is 9.98. The molecule has 0 aromatic rings. The number of piperidine rings is 1. The second kappa shape index (κ2) is 4.76. The quantitative estimate of drug-likeness (QED) is 0.603. The van der Waals surface area contributed by atoms with Gasteiger partial charge in [-0.15, -0.1) is 0 Å². The maximum Gasteiger partial charge on any atom is 0.00922 e. The van der Waals surface area contributed by atoms with E-state index in [9.17, 15) is 0 Å². The average molecular weight is 154 g/mol. The van der Waals surface area contributed by atoms with E-state index in [4.69, 9.17) is 0 Å². The third kappa shape index (κ3) is 2.82. The van der Waals surface area contributed by atoms with Gasteiger partial charge < -0.3 is 4.90 Å². The van der Waals surface area contributed by atoms with E-state index in [-0.39, 0.29) is 0 Å². The molecule has 11 heavy (non-hydrogen) atoms. The first kappa shape index (κ1) is 9.05. The maximum atomic E-state index is 3.88. The number of unbranched alkanes of at least 4 members (excludes halogenated alkanes) is 1. The molecule has 0 aromatic heterocycles. The van der Waals surface area contributed by atoms with Crippen LogP contribution in [0.1, 0.15) is 38.5 Å². The molecule has 0 bridgehead atoms. The smallest absolute Gasteiger partial charge is 0.00922 e. The van der Waals surface area contributed by atoms with Crippen molar-refractivity contribution in [3.8, 4) is 0 Å². The summed E-state index contributed by atoms with van der Waals surface area (Å²) in [6.45, 7) is 5.18. The molecule has 0 N–H and O–H groups in total. The number of hydrogen-bond donors (Lipinski definition) is 0. The monoisotopic (exact) mass is 154 g/mol. The summed E-state index contributed by atoms with van der Waals surface area (Å²) in [7, 11) is 2.26. The summed E-state index contributed by atoms with van der Waals surface area (Å²) in [5, 5.41) is 0. The summed E-state index contributed by atoms with van der Waals surface area (Å²) in [6, 6.07) is 0.866. The van der Waals surface area contributed by atoms with Crippen LogP contribution in [0.15, 0.2) is 0 Å². The fraction of sp³-hybridized carbons (Fsp3) is 0.900. The molecule has 1 saturated heterocycles. The normalized spacial score (nSPS) is 27.3. The van der Waals surface area contributed by atoms with Crippen molar-refractivity contribution in [1.29, 1.82) is 0 Å². The van der Waals surface area contributed by atoms with E-state index in [1.54, 1.807) is 0 Å². The Hall–Kier alpha value is -0.0400. The maximum absolute atomic E-state index is 3.88. The van der Waals surface area contributed by atoms with Crippen LogP contribution in [-0.4, -0.2) is 24.5 Å². The molecule has 1 radical (unpaired) electrons. The van der Waals surface area contributed by atoms with Crippen molar-refractivity contribution in [2.45, 2.75) is 44.6 Å². The van der Waals surface area contributed by atoms with Gasteiger partial charge in [-0.25, -0.2) is 0 Å². The van der Waals surface area contributed by atoms with Crippen molar-refractivity contribution in [1.82, 2.24) is 4.90 Å². The van der Waals surface area contributed by atoms with Gasteiger partial charge in [0.1, 0.15) is 0 Å². The second-order valence-corrected chi connectivity index (χ2v) is 3.63. The molecule has 1 nitrogen and oxygen atoms in total. The molecule has 0 aliphatic carbocycles. The first-order valence-corrected chi connectivity index (χ1v) is 4.84. The Balaban J connectivity index is 2.18. The second-order valence-electron chi connectivity index (χ2n) is 3.63. The molecule has 1 fully saturated rings. The minimum Gasteiger partial charge on any atom is -0.303 e. The summed E-state index contributed by atoms with van der Waals surface area (Å²) in [6.07, 6.45) is 8.01. The van der Waals surface area contributed by atoms with Crippen LogP contribution in [0.25, 0.3) is 0 Å². The van der Waals surface area contributed by atoms with Crippen LogP contribution in [0, 0.1) is 6.92 Å². The zero-order valence-electron chi connectivity index (χ0n) is 7.68. The predicted octanol–water partition coefficient (Wildman–Crippen LogP) is 2.48. The fourth-order valence-electron chi connectivity index (χ4n) is 1.89. The fourth-order valence-corrected chi connectivity index (χ4v) is 1.89. The molecule has 1 aliphatic heterocycles. The minimum atomic E-state index is 0.866. The van der Waals surface area contributed by atoms with Gasteiger partial charge in [-0.2, -0.15) is 0 Å². The lowest BCUT2D eigenvalue weighted by molar-refractivity contribution is 0.174. The first-order valence-electron chi connectivity index (χ1n) is 4.84. The lowest BCUT2D eigenvalue weighted by Crippen LogP contribution is -2.35. The first-order chi connectivity index (χ1) is 5.34. The Morgan fingerprint density at radius 1 is 1.45 bits per heavy atom. The molecule has 1 rings (SSSR count). The van der Waals surface area contributed by atoms with Crippen molar-refractivity contribution in [3.63, 3.8) is 0 Å². The Bertz CT molecular complexity index is 101. The van der Waals surface area contributed by atoms with Crippen LogP contribution in [0.3, 0.4) is 0 Å². The van der Waals surface area contributed by atoms with Crippen LogP contribution in [0.2, 0.25) is 0 Å². The molecule has 0 saturated carbocycles. The third-order valence-corrected chi connectivity index (χ3v) is 2.71. The molecule has 0 spiro atoms. The van der Waals surface area contributed by atoms with E-state index in [1.807, 2.05) is 0 Å². The molecule has 1 heterocycles. The Morgan fingerprint density at radius 2 is 2.27 bits per heavy atom. The molecule has 0 amide bonds. The van der Waals surface area contributed by atoms with Crippen molar-refractivity contribution in [2.75, 3.05) is 13.6 Å². The van der Waals surface area contributed by atoms with Crippen LogP contribution in [-0.2, 0) is 0 Å². The number of hydrogen-bond acceptors (Lipinski definition) is 1. The van der Waals surface area contributed by atoms with E-state index in [1.165, 1.54) is 38.6 Å². The van der Waals surface area contributed by atoms with Crippen LogP contribution < -0.4 is 0 Å².